The summed E-state index contributed by atoms with van der Waals surface area (Å²) < 4.78 is 0. The summed E-state index contributed by atoms with van der Waals surface area (Å²) >= 11 is 1.91. The monoisotopic (exact) mass is 357 g/mol. The van der Waals surface area contributed by atoms with Gasteiger partial charge in [0, 0.05) is 29.0 Å². The second-order valence-corrected chi connectivity index (χ2v) is 7.49. The molecule has 1 aliphatic rings. The summed E-state index contributed by atoms with van der Waals surface area (Å²) in [6.45, 7) is 3.11. The molecule has 3 aromatic rings. The standard InChI is InChI=1S/C24H23NS/c1-2-16-26-18-22-20-12-6-8-14-23(20)25(17-19-10-4-3-5-11-19)24-15-9-7-13-21(22)24/h3-15,18H,2,16-17H2,1H3. The van der Waals surface area contributed by atoms with Crippen molar-refractivity contribution in [1.29, 1.82) is 0 Å². The highest BCUT2D eigenvalue weighted by molar-refractivity contribution is 8.02. The first-order chi connectivity index (χ1) is 12.9. The molecule has 0 aliphatic carbocycles. The molecule has 3 aromatic carbocycles. The third-order valence-corrected chi connectivity index (χ3v) is 5.72. The fourth-order valence-corrected chi connectivity index (χ4v) is 4.25. The lowest BCUT2D eigenvalue weighted by atomic mass is 9.91. The van der Waals surface area contributed by atoms with Crippen molar-refractivity contribution in [2.75, 3.05) is 10.7 Å². The number of hydrogen-bond acceptors (Lipinski definition) is 2. The van der Waals surface area contributed by atoms with Crippen LogP contribution in [0.1, 0.15) is 30.0 Å². The van der Waals surface area contributed by atoms with E-state index in [1.165, 1.54) is 40.1 Å². The maximum absolute atomic E-state index is 2.45. The maximum Gasteiger partial charge on any atom is 0.0494 e. The van der Waals surface area contributed by atoms with Crippen LogP contribution in [0.5, 0.6) is 0 Å². The summed E-state index contributed by atoms with van der Waals surface area (Å²) in [4.78, 5) is 2.45. The Balaban J connectivity index is 1.82. The molecule has 130 valence electrons. The van der Waals surface area contributed by atoms with Gasteiger partial charge in [-0.15, -0.1) is 11.8 Å². The number of anilines is 2. The van der Waals surface area contributed by atoms with E-state index in [0.29, 0.717) is 0 Å². The lowest BCUT2D eigenvalue weighted by molar-refractivity contribution is 0.963. The van der Waals surface area contributed by atoms with Gasteiger partial charge in [0.2, 0.25) is 0 Å². The van der Waals surface area contributed by atoms with Crippen molar-refractivity contribution in [1.82, 2.24) is 0 Å². The lowest BCUT2D eigenvalue weighted by Gasteiger charge is -2.34. The van der Waals surface area contributed by atoms with Gasteiger partial charge in [-0.05, 0) is 40.9 Å². The molecule has 0 unspecified atom stereocenters. The molecule has 0 amide bonds. The van der Waals surface area contributed by atoms with E-state index in [0.717, 1.165) is 12.3 Å². The van der Waals surface area contributed by atoms with Crippen LogP contribution in [-0.2, 0) is 6.54 Å². The van der Waals surface area contributed by atoms with E-state index in [2.05, 4.69) is 96.1 Å². The largest absolute Gasteiger partial charge is 0.336 e. The predicted octanol–water partition coefficient (Wildman–Crippen LogP) is 6.87. The summed E-state index contributed by atoms with van der Waals surface area (Å²) in [5.41, 5.74) is 7.90. The molecule has 0 bridgehead atoms. The Labute approximate surface area is 160 Å². The highest BCUT2D eigenvalue weighted by Gasteiger charge is 2.25. The Kier molecular flexibility index (Phi) is 5.12. The van der Waals surface area contributed by atoms with Gasteiger partial charge >= 0.3 is 0 Å². The number of thioether (sulfide) groups is 1. The Hall–Kier alpha value is -2.45. The highest BCUT2D eigenvalue weighted by Crippen LogP contribution is 2.46. The molecule has 0 spiro atoms. The Morgan fingerprint density at radius 1 is 0.769 bits per heavy atom. The van der Waals surface area contributed by atoms with Crippen molar-refractivity contribution in [3.05, 3.63) is 101 Å². The SMILES string of the molecule is CCCSC=C1c2ccccc2N(Cc2ccccc2)c2ccccc21. The fraction of sp³-hybridized carbons (Fsp3) is 0.167. The van der Waals surface area contributed by atoms with E-state index >= 15 is 0 Å². The van der Waals surface area contributed by atoms with Gasteiger partial charge in [0.15, 0.2) is 0 Å². The Morgan fingerprint density at radius 2 is 1.35 bits per heavy atom. The minimum Gasteiger partial charge on any atom is -0.336 e. The van der Waals surface area contributed by atoms with Gasteiger partial charge in [0.1, 0.15) is 0 Å². The smallest absolute Gasteiger partial charge is 0.0494 e. The molecule has 0 N–H and O–H groups in total. The van der Waals surface area contributed by atoms with Crippen molar-refractivity contribution in [2.24, 2.45) is 0 Å². The van der Waals surface area contributed by atoms with Crippen LogP contribution in [0.3, 0.4) is 0 Å². The lowest BCUT2D eigenvalue weighted by Crippen LogP contribution is -2.22. The third kappa shape index (κ3) is 3.30. The molecular formula is C24H23NS. The number of benzene rings is 3. The first kappa shape index (κ1) is 17.0. The maximum atomic E-state index is 2.45. The second kappa shape index (κ2) is 7.84. The average Bonchev–Trinajstić information content (AvgIpc) is 2.71. The van der Waals surface area contributed by atoms with Crippen LogP contribution in [-0.4, -0.2) is 5.75 Å². The Bertz CT molecular complexity index is 865. The number of hydrogen-bond donors (Lipinski definition) is 0. The second-order valence-electron chi connectivity index (χ2n) is 6.51. The molecule has 1 heterocycles. The van der Waals surface area contributed by atoms with Crippen LogP contribution < -0.4 is 4.90 Å². The molecule has 0 radical (unpaired) electrons. The minimum atomic E-state index is 0.879. The molecule has 0 saturated carbocycles. The number of para-hydroxylation sites is 2. The van der Waals surface area contributed by atoms with E-state index in [1.807, 2.05) is 11.8 Å². The fourth-order valence-electron chi connectivity index (χ4n) is 3.47. The zero-order chi connectivity index (χ0) is 17.8. The van der Waals surface area contributed by atoms with Gasteiger partial charge in [-0.2, -0.15) is 0 Å². The predicted molar refractivity (Wildman–Crippen MR) is 115 cm³/mol. The van der Waals surface area contributed by atoms with Crippen LogP contribution in [0.2, 0.25) is 0 Å². The van der Waals surface area contributed by atoms with Crippen LogP contribution >= 0.6 is 11.8 Å². The van der Waals surface area contributed by atoms with Gasteiger partial charge in [-0.3, -0.25) is 0 Å². The van der Waals surface area contributed by atoms with E-state index in [9.17, 15) is 0 Å². The molecule has 0 saturated heterocycles. The number of fused-ring (bicyclic) bond motifs is 2. The van der Waals surface area contributed by atoms with Gasteiger partial charge in [-0.1, -0.05) is 73.7 Å². The van der Waals surface area contributed by atoms with Crippen molar-refractivity contribution < 1.29 is 0 Å². The molecule has 4 rings (SSSR count). The van der Waals surface area contributed by atoms with Gasteiger partial charge in [0.25, 0.3) is 0 Å². The molecule has 2 heteroatoms. The normalized spacial score (nSPS) is 12.5. The van der Waals surface area contributed by atoms with Crippen molar-refractivity contribution in [3.63, 3.8) is 0 Å². The van der Waals surface area contributed by atoms with Crippen LogP contribution in [0.15, 0.2) is 84.3 Å². The first-order valence-corrected chi connectivity index (χ1v) is 10.3. The molecule has 0 fully saturated rings. The van der Waals surface area contributed by atoms with Gasteiger partial charge in [0.05, 0.1) is 0 Å². The van der Waals surface area contributed by atoms with E-state index in [1.54, 1.807) is 0 Å². The van der Waals surface area contributed by atoms with Crippen molar-refractivity contribution in [3.8, 4) is 0 Å². The minimum absolute atomic E-state index is 0.879. The molecule has 26 heavy (non-hydrogen) atoms. The van der Waals surface area contributed by atoms with Crippen LogP contribution in [0.4, 0.5) is 11.4 Å². The molecular weight excluding hydrogens is 334 g/mol. The third-order valence-electron chi connectivity index (χ3n) is 4.68. The van der Waals surface area contributed by atoms with E-state index in [4.69, 9.17) is 0 Å². The molecule has 1 aliphatic heterocycles. The van der Waals surface area contributed by atoms with Gasteiger partial charge in [-0.25, -0.2) is 0 Å². The van der Waals surface area contributed by atoms with Crippen molar-refractivity contribution >= 4 is 28.7 Å². The van der Waals surface area contributed by atoms with Crippen LogP contribution in [0, 0.1) is 0 Å². The van der Waals surface area contributed by atoms with Crippen LogP contribution in [0.25, 0.3) is 5.57 Å². The molecule has 0 atom stereocenters. The number of nitrogens with zero attached hydrogens (tertiary/aromatic N) is 1. The zero-order valence-electron chi connectivity index (χ0n) is 15.1. The summed E-state index contributed by atoms with van der Waals surface area (Å²) in [6, 6.07) is 28.3. The molecule has 0 aromatic heterocycles. The van der Waals surface area contributed by atoms with Gasteiger partial charge < -0.3 is 4.90 Å². The summed E-state index contributed by atoms with van der Waals surface area (Å²) in [7, 11) is 0. The summed E-state index contributed by atoms with van der Waals surface area (Å²) in [5, 5.41) is 2.35. The van der Waals surface area contributed by atoms with E-state index in [-0.39, 0.29) is 0 Å². The van der Waals surface area contributed by atoms with E-state index < -0.39 is 0 Å². The number of rotatable bonds is 5. The highest BCUT2D eigenvalue weighted by atomic mass is 32.2. The zero-order valence-corrected chi connectivity index (χ0v) is 15.9. The Morgan fingerprint density at radius 3 is 1.96 bits per heavy atom. The van der Waals surface area contributed by atoms with Crippen molar-refractivity contribution in [2.45, 2.75) is 19.9 Å². The average molecular weight is 358 g/mol. The topological polar surface area (TPSA) is 3.24 Å². The first-order valence-electron chi connectivity index (χ1n) is 9.20. The quantitative estimate of drug-likeness (QED) is 0.458. The molecule has 1 nitrogen and oxygen atoms in total. The summed E-state index contributed by atoms with van der Waals surface area (Å²) in [6.07, 6.45) is 1.19. The summed E-state index contributed by atoms with van der Waals surface area (Å²) in [5.74, 6) is 1.15.